The number of hydrogen-bond acceptors (Lipinski definition) is 7. The van der Waals surface area contributed by atoms with E-state index in [1.54, 1.807) is 6.20 Å². The molecule has 0 aliphatic carbocycles. The van der Waals surface area contributed by atoms with Gasteiger partial charge in [0, 0.05) is 29.3 Å². The van der Waals surface area contributed by atoms with Gasteiger partial charge in [0.2, 0.25) is 17.7 Å². The van der Waals surface area contributed by atoms with E-state index in [1.807, 2.05) is 24.3 Å². The van der Waals surface area contributed by atoms with Crippen molar-refractivity contribution in [2.24, 2.45) is 5.73 Å². The maximum absolute atomic E-state index is 12.5. The molecule has 2 aromatic rings. The number of aliphatic hydroxyl groups is 1. The van der Waals surface area contributed by atoms with E-state index in [4.69, 9.17) is 10.8 Å². The van der Waals surface area contributed by atoms with Crippen LogP contribution in [0.2, 0.25) is 0 Å². The minimum absolute atomic E-state index is 0.0418. The number of aromatic amines is 1. The van der Waals surface area contributed by atoms with E-state index < -0.39 is 54.5 Å². The molecule has 12 heteroatoms. The quantitative estimate of drug-likeness (QED) is 0.186. The highest BCUT2D eigenvalue weighted by Gasteiger charge is 2.28. The lowest BCUT2D eigenvalue weighted by molar-refractivity contribution is -0.142. The van der Waals surface area contributed by atoms with Crippen molar-refractivity contribution in [3.63, 3.8) is 0 Å². The molecule has 3 amide bonds. The topological polar surface area (TPSA) is 187 Å². The van der Waals surface area contributed by atoms with Crippen molar-refractivity contribution in [2.75, 3.05) is 12.4 Å². The first-order valence-corrected chi connectivity index (χ1v) is 10.5. The van der Waals surface area contributed by atoms with E-state index in [9.17, 15) is 24.3 Å². The summed E-state index contributed by atoms with van der Waals surface area (Å²) in [6.45, 7) is 0.785. The zero-order valence-corrected chi connectivity index (χ0v) is 18.3. The molecule has 0 bridgehead atoms. The molecule has 1 heterocycles. The van der Waals surface area contributed by atoms with Gasteiger partial charge in [-0.1, -0.05) is 18.2 Å². The number of fused-ring (bicyclic) bond motifs is 1. The number of nitrogens with two attached hydrogens (primary N) is 1. The van der Waals surface area contributed by atoms with Gasteiger partial charge in [-0.2, -0.15) is 12.6 Å². The van der Waals surface area contributed by atoms with Gasteiger partial charge in [0.15, 0.2) is 0 Å². The van der Waals surface area contributed by atoms with Crippen LogP contribution in [0.25, 0.3) is 10.9 Å². The van der Waals surface area contributed by atoms with Crippen LogP contribution < -0.4 is 21.7 Å². The number of carboxylic acid groups (broad SMARTS) is 1. The van der Waals surface area contributed by atoms with Gasteiger partial charge in [-0.25, -0.2) is 4.79 Å². The van der Waals surface area contributed by atoms with Crippen LogP contribution in [-0.4, -0.2) is 75.4 Å². The van der Waals surface area contributed by atoms with Gasteiger partial charge >= 0.3 is 5.97 Å². The number of H-pyrrole nitrogens is 1. The Morgan fingerprint density at radius 2 is 1.72 bits per heavy atom. The summed E-state index contributed by atoms with van der Waals surface area (Å²) in [6, 6.07) is 2.78. The number of hydrogen-bond donors (Lipinski definition) is 8. The van der Waals surface area contributed by atoms with Crippen molar-refractivity contribution in [3.05, 3.63) is 36.0 Å². The summed E-state index contributed by atoms with van der Waals surface area (Å²) in [5.41, 5.74) is 6.97. The molecule has 0 saturated carbocycles. The molecular weight excluding hydrogens is 438 g/mol. The van der Waals surface area contributed by atoms with E-state index in [0.29, 0.717) is 0 Å². The molecule has 0 spiro atoms. The molecular formula is C20H27N5O6S. The largest absolute Gasteiger partial charge is 0.480 e. The number of para-hydroxylation sites is 1. The molecule has 0 aliphatic rings. The second kappa shape index (κ2) is 11.5. The monoisotopic (exact) mass is 465 g/mol. The molecule has 8 N–H and O–H groups in total. The Bertz CT molecular complexity index is 980. The molecule has 1 aromatic carbocycles. The average molecular weight is 466 g/mol. The molecule has 174 valence electrons. The summed E-state index contributed by atoms with van der Waals surface area (Å²) in [6.07, 6.45) is 1.73. The van der Waals surface area contributed by atoms with Crippen LogP contribution in [0, 0.1) is 0 Å². The second-order valence-electron chi connectivity index (χ2n) is 7.23. The third-order valence-electron chi connectivity index (χ3n) is 4.81. The molecule has 11 nitrogen and oxygen atoms in total. The summed E-state index contributed by atoms with van der Waals surface area (Å²) < 4.78 is 0. The van der Waals surface area contributed by atoms with Gasteiger partial charge < -0.3 is 36.9 Å². The minimum Gasteiger partial charge on any atom is -0.480 e. The highest BCUT2D eigenvalue weighted by molar-refractivity contribution is 7.80. The number of rotatable bonds is 11. The Balaban J connectivity index is 1.99. The smallest absolute Gasteiger partial charge is 0.326 e. The van der Waals surface area contributed by atoms with Crippen molar-refractivity contribution in [1.82, 2.24) is 20.9 Å². The zero-order valence-electron chi connectivity index (χ0n) is 17.4. The van der Waals surface area contributed by atoms with Crippen LogP contribution in [0.5, 0.6) is 0 Å². The van der Waals surface area contributed by atoms with Crippen LogP contribution in [0.15, 0.2) is 30.5 Å². The molecule has 0 saturated heterocycles. The molecule has 0 fully saturated rings. The Kier molecular flexibility index (Phi) is 9.05. The lowest BCUT2D eigenvalue weighted by Gasteiger charge is -2.22. The number of nitrogens with one attached hydrogen (secondary N) is 4. The minimum atomic E-state index is -1.22. The van der Waals surface area contributed by atoms with Gasteiger partial charge in [-0.3, -0.25) is 14.4 Å². The summed E-state index contributed by atoms with van der Waals surface area (Å²) in [5, 5.41) is 26.5. The fourth-order valence-electron chi connectivity index (χ4n) is 2.95. The first kappa shape index (κ1) is 25.2. The predicted molar refractivity (Wildman–Crippen MR) is 120 cm³/mol. The van der Waals surface area contributed by atoms with E-state index in [1.165, 1.54) is 6.92 Å². The zero-order chi connectivity index (χ0) is 23.8. The maximum atomic E-state index is 12.5. The summed E-state index contributed by atoms with van der Waals surface area (Å²) in [4.78, 5) is 51.4. The van der Waals surface area contributed by atoms with Crippen LogP contribution >= 0.6 is 12.6 Å². The number of aliphatic carboxylic acids is 1. The second-order valence-corrected chi connectivity index (χ2v) is 7.59. The Hall–Kier alpha value is -3.09. The van der Waals surface area contributed by atoms with Crippen LogP contribution in [0.1, 0.15) is 12.5 Å². The number of carbonyl (C=O) groups is 4. The molecule has 1 aromatic heterocycles. The third-order valence-corrected chi connectivity index (χ3v) is 5.18. The highest BCUT2D eigenvalue weighted by atomic mass is 32.1. The Morgan fingerprint density at radius 3 is 2.34 bits per heavy atom. The number of amides is 3. The molecule has 4 unspecified atom stereocenters. The SMILES string of the molecule is CC(NC(=O)C(CS)NC(=O)C(N)CO)C(=O)NC(Cc1c[nH]c2ccccc12)C(=O)O. The summed E-state index contributed by atoms with van der Waals surface area (Å²) >= 11 is 4.00. The van der Waals surface area contributed by atoms with Crippen molar-refractivity contribution in [3.8, 4) is 0 Å². The Labute approximate surface area is 189 Å². The fraction of sp³-hybridized carbons (Fsp3) is 0.400. The lowest BCUT2D eigenvalue weighted by atomic mass is 10.0. The van der Waals surface area contributed by atoms with E-state index in [0.717, 1.165) is 16.5 Å². The molecule has 4 atom stereocenters. The lowest BCUT2D eigenvalue weighted by Crippen LogP contribution is -2.57. The Morgan fingerprint density at radius 1 is 1.06 bits per heavy atom. The predicted octanol–water partition coefficient (Wildman–Crippen LogP) is -1.48. The number of carboxylic acids is 1. The van der Waals surface area contributed by atoms with Gasteiger partial charge in [0.1, 0.15) is 24.2 Å². The number of aromatic nitrogens is 1. The number of carbonyl (C=O) groups excluding carboxylic acids is 3. The van der Waals surface area contributed by atoms with Crippen molar-refractivity contribution in [2.45, 2.75) is 37.5 Å². The normalized spacial score (nSPS) is 14.8. The molecule has 0 radical (unpaired) electrons. The molecule has 2 rings (SSSR count). The number of thiol groups is 1. The van der Waals surface area contributed by atoms with E-state index in [2.05, 4.69) is 33.6 Å². The van der Waals surface area contributed by atoms with Gasteiger partial charge in [-0.15, -0.1) is 0 Å². The van der Waals surface area contributed by atoms with Gasteiger partial charge in [-0.05, 0) is 18.6 Å². The van der Waals surface area contributed by atoms with Crippen LogP contribution in [-0.2, 0) is 25.6 Å². The molecule has 32 heavy (non-hydrogen) atoms. The highest BCUT2D eigenvalue weighted by Crippen LogP contribution is 2.19. The standard InChI is InChI=1S/C20H27N5O6S/c1-10(23-19(29)16(9-32)25-18(28)13(21)8-26)17(27)24-15(20(30)31)6-11-7-22-14-5-3-2-4-12(11)14/h2-5,7,10,13,15-16,22,26,32H,6,8-9,21H2,1H3,(H,23,29)(H,24,27)(H,25,28)(H,30,31). The maximum Gasteiger partial charge on any atom is 0.326 e. The van der Waals surface area contributed by atoms with Crippen molar-refractivity contribution < 1.29 is 29.4 Å². The van der Waals surface area contributed by atoms with E-state index >= 15 is 0 Å². The fourth-order valence-corrected chi connectivity index (χ4v) is 3.21. The van der Waals surface area contributed by atoms with Crippen molar-refractivity contribution >= 4 is 47.2 Å². The van der Waals surface area contributed by atoms with Crippen LogP contribution in [0.4, 0.5) is 0 Å². The first-order chi connectivity index (χ1) is 15.2. The van der Waals surface area contributed by atoms with Crippen LogP contribution in [0.3, 0.4) is 0 Å². The van der Waals surface area contributed by atoms with Gasteiger partial charge in [0.05, 0.1) is 6.61 Å². The summed E-state index contributed by atoms with van der Waals surface area (Å²) in [7, 11) is 0. The third kappa shape index (κ3) is 6.45. The van der Waals surface area contributed by atoms with Crippen molar-refractivity contribution in [1.29, 1.82) is 0 Å². The van der Waals surface area contributed by atoms with E-state index in [-0.39, 0.29) is 12.2 Å². The van der Waals surface area contributed by atoms with Gasteiger partial charge in [0.25, 0.3) is 0 Å². The molecule has 0 aliphatic heterocycles. The first-order valence-electron chi connectivity index (χ1n) is 9.84. The number of benzene rings is 1. The average Bonchev–Trinajstić information content (AvgIpc) is 3.18. The number of aliphatic hydroxyl groups excluding tert-OH is 1. The summed E-state index contributed by atoms with van der Waals surface area (Å²) in [5.74, 6) is -3.46.